The summed E-state index contributed by atoms with van der Waals surface area (Å²) in [7, 11) is 1.69. The lowest BCUT2D eigenvalue weighted by Gasteiger charge is -2.07. The summed E-state index contributed by atoms with van der Waals surface area (Å²) in [6.45, 7) is 1.45. The molecule has 1 aromatic rings. The molecule has 0 aliphatic rings. The van der Waals surface area contributed by atoms with Gasteiger partial charge in [-0.2, -0.15) is 0 Å². The maximum absolute atomic E-state index is 11.7. The van der Waals surface area contributed by atoms with Crippen molar-refractivity contribution in [3.8, 4) is 0 Å². The van der Waals surface area contributed by atoms with Gasteiger partial charge in [0.1, 0.15) is 0 Å². The van der Waals surface area contributed by atoms with Gasteiger partial charge in [-0.1, -0.05) is 12.1 Å². The second kappa shape index (κ2) is 9.74. The third kappa shape index (κ3) is 5.89. The van der Waals surface area contributed by atoms with Crippen LogP contribution in [0.25, 0.3) is 0 Å². The number of para-hydroxylation sites is 1. The number of hydrogen-bond donors (Lipinski definition) is 2. The van der Waals surface area contributed by atoms with Crippen molar-refractivity contribution in [1.82, 2.24) is 5.32 Å². The van der Waals surface area contributed by atoms with E-state index < -0.39 is 0 Å². The standard InChI is InChI=1S/C13H20N2O2.ClH/c1-17-10-6-2-5-9-15-13(16)11-7-3-4-8-12(11)14;/h3-4,7-8H,2,5-6,9-10,14H2,1H3,(H,15,16);1H. The lowest BCUT2D eigenvalue weighted by Crippen LogP contribution is -2.25. The Morgan fingerprint density at radius 1 is 1.28 bits per heavy atom. The number of benzene rings is 1. The molecule has 1 rings (SSSR count). The molecule has 0 heterocycles. The van der Waals surface area contributed by atoms with E-state index in [0.717, 1.165) is 25.9 Å². The molecule has 1 aromatic carbocycles. The molecular formula is C13H21ClN2O2. The average molecular weight is 273 g/mol. The van der Waals surface area contributed by atoms with Gasteiger partial charge < -0.3 is 15.8 Å². The smallest absolute Gasteiger partial charge is 0.253 e. The van der Waals surface area contributed by atoms with E-state index >= 15 is 0 Å². The zero-order chi connectivity index (χ0) is 12.5. The first-order valence-electron chi connectivity index (χ1n) is 5.87. The van der Waals surface area contributed by atoms with Crippen LogP contribution < -0.4 is 11.1 Å². The highest BCUT2D eigenvalue weighted by atomic mass is 35.5. The fourth-order valence-electron chi connectivity index (χ4n) is 1.55. The molecular weight excluding hydrogens is 252 g/mol. The highest BCUT2D eigenvalue weighted by Crippen LogP contribution is 2.09. The molecule has 5 heteroatoms. The van der Waals surface area contributed by atoms with Crippen LogP contribution in [0.1, 0.15) is 29.6 Å². The Kier molecular flexibility index (Phi) is 9.06. The second-order valence-electron chi connectivity index (χ2n) is 3.90. The summed E-state index contributed by atoms with van der Waals surface area (Å²) in [5.74, 6) is -0.102. The van der Waals surface area contributed by atoms with Crippen molar-refractivity contribution in [3.63, 3.8) is 0 Å². The minimum absolute atomic E-state index is 0. The van der Waals surface area contributed by atoms with Gasteiger partial charge in [0.05, 0.1) is 5.56 Å². The van der Waals surface area contributed by atoms with Crippen molar-refractivity contribution in [2.75, 3.05) is 26.0 Å². The third-order valence-electron chi connectivity index (χ3n) is 2.52. The number of unbranched alkanes of at least 4 members (excludes halogenated alkanes) is 2. The van der Waals surface area contributed by atoms with E-state index in [1.54, 1.807) is 19.2 Å². The number of carbonyl (C=O) groups is 1. The Morgan fingerprint density at radius 3 is 2.67 bits per heavy atom. The molecule has 0 aliphatic heterocycles. The van der Waals surface area contributed by atoms with Crippen LogP contribution >= 0.6 is 12.4 Å². The number of amides is 1. The van der Waals surface area contributed by atoms with Gasteiger partial charge in [0, 0.05) is 25.9 Å². The van der Waals surface area contributed by atoms with Crippen molar-refractivity contribution < 1.29 is 9.53 Å². The molecule has 0 saturated heterocycles. The molecule has 3 N–H and O–H groups in total. The molecule has 0 spiro atoms. The lowest BCUT2D eigenvalue weighted by atomic mass is 10.1. The molecule has 0 saturated carbocycles. The van der Waals surface area contributed by atoms with Crippen LogP contribution in [0.4, 0.5) is 5.69 Å². The first kappa shape index (κ1) is 16.7. The van der Waals surface area contributed by atoms with Gasteiger partial charge in [-0.3, -0.25) is 4.79 Å². The zero-order valence-corrected chi connectivity index (χ0v) is 11.5. The molecule has 4 nitrogen and oxygen atoms in total. The van der Waals surface area contributed by atoms with Crippen LogP contribution in [-0.2, 0) is 4.74 Å². The van der Waals surface area contributed by atoms with E-state index in [1.807, 2.05) is 12.1 Å². The highest BCUT2D eigenvalue weighted by Gasteiger charge is 2.07. The monoisotopic (exact) mass is 272 g/mol. The molecule has 0 aromatic heterocycles. The predicted molar refractivity (Wildman–Crippen MR) is 76.2 cm³/mol. The molecule has 0 fully saturated rings. The van der Waals surface area contributed by atoms with E-state index in [1.165, 1.54) is 0 Å². The number of nitrogens with one attached hydrogen (secondary N) is 1. The topological polar surface area (TPSA) is 64.3 Å². The van der Waals surface area contributed by atoms with Gasteiger partial charge in [0.2, 0.25) is 0 Å². The molecule has 1 amide bonds. The summed E-state index contributed by atoms with van der Waals surface area (Å²) in [6.07, 6.45) is 3.04. The fraction of sp³-hybridized carbons (Fsp3) is 0.462. The molecule has 102 valence electrons. The summed E-state index contributed by atoms with van der Waals surface area (Å²) in [6, 6.07) is 7.09. The molecule has 18 heavy (non-hydrogen) atoms. The predicted octanol–water partition coefficient (Wildman–Crippen LogP) is 2.24. The van der Waals surface area contributed by atoms with Gasteiger partial charge in [-0.05, 0) is 31.4 Å². The number of nitrogen functional groups attached to an aromatic ring is 1. The number of hydrogen-bond acceptors (Lipinski definition) is 3. The van der Waals surface area contributed by atoms with Gasteiger partial charge in [-0.25, -0.2) is 0 Å². The molecule has 0 atom stereocenters. The van der Waals surface area contributed by atoms with Crippen molar-refractivity contribution in [2.45, 2.75) is 19.3 Å². The Labute approximate surface area is 114 Å². The van der Waals surface area contributed by atoms with E-state index in [2.05, 4.69) is 5.32 Å². The van der Waals surface area contributed by atoms with Crippen LogP contribution in [-0.4, -0.2) is 26.2 Å². The third-order valence-corrected chi connectivity index (χ3v) is 2.52. The molecule has 0 radical (unpaired) electrons. The average Bonchev–Trinajstić information content (AvgIpc) is 2.34. The highest BCUT2D eigenvalue weighted by molar-refractivity contribution is 5.98. The van der Waals surface area contributed by atoms with E-state index in [9.17, 15) is 4.79 Å². The Bertz CT molecular complexity index is 359. The van der Waals surface area contributed by atoms with Crippen LogP contribution in [0.15, 0.2) is 24.3 Å². The fourth-order valence-corrected chi connectivity index (χ4v) is 1.55. The number of nitrogens with two attached hydrogens (primary N) is 1. The van der Waals surface area contributed by atoms with Crippen LogP contribution in [0.5, 0.6) is 0 Å². The number of rotatable bonds is 7. The number of methoxy groups -OCH3 is 1. The quantitative estimate of drug-likeness (QED) is 0.591. The minimum atomic E-state index is -0.102. The summed E-state index contributed by atoms with van der Waals surface area (Å²) in [5.41, 5.74) is 6.78. The van der Waals surface area contributed by atoms with Crippen molar-refractivity contribution in [1.29, 1.82) is 0 Å². The van der Waals surface area contributed by atoms with Crippen LogP contribution in [0, 0.1) is 0 Å². The van der Waals surface area contributed by atoms with E-state index in [4.69, 9.17) is 10.5 Å². The summed E-state index contributed by atoms with van der Waals surface area (Å²) >= 11 is 0. The SMILES string of the molecule is COCCCCCNC(=O)c1ccccc1N.Cl. The molecule has 0 bridgehead atoms. The Hall–Kier alpha value is -1.26. The van der Waals surface area contributed by atoms with Gasteiger partial charge in [-0.15, -0.1) is 12.4 Å². The number of anilines is 1. The van der Waals surface area contributed by atoms with Crippen molar-refractivity contribution >= 4 is 24.0 Å². The van der Waals surface area contributed by atoms with E-state index in [0.29, 0.717) is 17.8 Å². The number of ether oxygens (including phenoxy) is 1. The second-order valence-corrected chi connectivity index (χ2v) is 3.90. The number of halogens is 1. The maximum atomic E-state index is 11.7. The largest absolute Gasteiger partial charge is 0.398 e. The maximum Gasteiger partial charge on any atom is 0.253 e. The Morgan fingerprint density at radius 2 is 2.00 bits per heavy atom. The van der Waals surface area contributed by atoms with Gasteiger partial charge in [0.15, 0.2) is 0 Å². The van der Waals surface area contributed by atoms with Gasteiger partial charge in [0.25, 0.3) is 5.91 Å². The molecule has 0 unspecified atom stereocenters. The normalized spacial score (nSPS) is 9.61. The number of carbonyl (C=O) groups excluding carboxylic acids is 1. The lowest BCUT2D eigenvalue weighted by molar-refractivity contribution is 0.0953. The molecule has 0 aliphatic carbocycles. The first-order valence-corrected chi connectivity index (χ1v) is 5.87. The van der Waals surface area contributed by atoms with E-state index in [-0.39, 0.29) is 18.3 Å². The summed E-state index contributed by atoms with van der Waals surface area (Å²) in [5, 5.41) is 2.86. The van der Waals surface area contributed by atoms with Crippen LogP contribution in [0.3, 0.4) is 0 Å². The first-order chi connectivity index (χ1) is 8.25. The van der Waals surface area contributed by atoms with Crippen molar-refractivity contribution in [3.05, 3.63) is 29.8 Å². The van der Waals surface area contributed by atoms with Crippen LogP contribution in [0.2, 0.25) is 0 Å². The minimum Gasteiger partial charge on any atom is -0.398 e. The van der Waals surface area contributed by atoms with Crippen molar-refractivity contribution in [2.24, 2.45) is 0 Å². The zero-order valence-electron chi connectivity index (χ0n) is 10.6. The Balaban J connectivity index is 0.00000289. The van der Waals surface area contributed by atoms with Gasteiger partial charge >= 0.3 is 0 Å². The summed E-state index contributed by atoms with van der Waals surface area (Å²) in [4.78, 5) is 11.7. The summed E-state index contributed by atoms with van der Waals surface area (Å²) < 4.78 is 4.95.